The molecule has 1 aromatic carbocycles. The van der Waals surface area contributed by atoms with Crippen molar-refractivity contribution in [1.82, 2.24) is 19.9 Å². The summed E-state index contributed by atoms with van der Waals surface area (Å²) in [5.41, 5.74) is -0.0882. The third kappa shape index (κ3) is 8.15. The molecule has 2 atom stereocenters. The number of carbonyl (C=O) groups is 2. The van der Waals surface area contributed by atoms with Crippen molar-refractivity contribution in [1.29, 1.82) is 0 Å². The third-order valence-corrected chi connectivity index (χ3v) is 8.16. The van der Waals surface area contributed by atoms with Crippen LogP contribution in [0.4, 0.5) is 13.2 Å². The number of hydrogen-bond acceptors (Lipinski definition) is 6. The first-order valence-corrected chi connectivity index (χ1v) is 14.2. The van der Waals surface area contributed by atoms with Crippen molar-refractivity contribution >= 4 is 21.8 Å². The lowest BCUT2D eigenvalue weighted by atomic mass is 10.0. The van der Waals surface area contributed by atoms with Crippen LogP contribution in [0.1, 0.15) is 50.7 Å². The van der Waals surface area contributed by atoms with Crippen molar-refractivity contribution in [2.24, 2.45) is 5.92 Å². The quantitative estimate of drug-likeness (QED) is 0.429. The van der Waals surface area contributed by atoms with Gasteiger partial charge in [-0.25, -0.2) is 26.6 Å². The number of carbonyl (C=O) groups excluding carboxylic acids is 2. The standard InChI is InChI=1S/C26H33F3N4O5S/c1-16(2)10-22(25(34)31-14-17-7-8-24(38-3)30-13-17)32-26(35)23-6-4-5-9-33(23)39(36,37)15-19-20(28)11-18(27)12-21(19)29/h7-8,11-13,16,22-23H,4-6,9-10,14-15H2,1-3H3,(H,31,34)(H,32,35). The molecule has 1 aliphatic rings. The average molecular weight is 571 g/mol. The molecule has 1 saturated heterocycles. The lowest BCUT2D eigenvalue weighted by molar-refractivity contribution is -0.132. The van der Waals surface area contributed by atoms with Crippen LogP contribution < -0.4 is 15.4 Å². The van der Waals surface area contributed by atoms with Gasteiger partial charge in [0.05, 0.1) is 12.9 Å². The van der Waals surface area contributed by atoms with E-state index in [-0.39, 0.29) is 25.4 Å². The molecule has 2 amide bonds. The minimum absolute atomic E-state index is 0.0271. The molecule has 214 valence electrons. The molecule has 3 rings (SSSR count). The average Bonchev–Trinajstić information content (AvgIpc) is 2.89. The molecule has 2 N–H and O–H groups in total. The Balaban J connectivity index is 1.73. The molecular weight excluding hydrogens is 537 g/mol. The summed E-state index contributed by atoms with van der Waals surface area (Å²) in [5.74, 6) is -5.56. The third-order valence-electron chi connectivity index (χ3n) is 6.36. The Bertz CT molecular complexity index is 1250. The van der Waals surface area contributed by atoms with Gasteiger partial charge in [0, 0.05) is 43.0 Å². The van der Waals surface area contributed by atoms with E-state index in [2.05, 4.69) is 15.6 Å². The molecule has 0 bridgehead atoms. The van der Waals surface area contributed by atoms with Crippen LogP contribution in [0.15, 0.2) is 30.5 Å². The first kappa shape index (κ1) is 30.4. The molecule has 0 aliphatic carbocycles. The van der Waals surface area contributed by atoms with Crippen LogP contribution in [0.25, 0.3) is 0 Å². The van der Waals surface area contributed by atoms with Crippen LogP contribution in [0.5, 0.6) is 5.88 Å². The van der Waals surface area contributed by atoms with Crippen LogP contribution in [-0.4, -0.2) is 55.3 Å². The van der Waals surface area contributed by atoms with Gasteiger partial charge in [-0.05, 0) is 30.7 Å². The second kappa shape index (κ2) is 13.2. The van der Waals surface area contributed by atoms with E-state index in [4.69, 9.17) is 4.74 Å². The highest BCUT2D eigenvalue weighted by molar-refractivity contribution is 7.88. The van der Waals surface area contributed by atoms with Crippen molar-refractivity contribution < 1.29 is 35.9 Å². The number of pyridine rings is 1. The van der Waals surface area contributed by atoms with Crippen molar-refractivity contribution in [3.8, 4) is 5.88 Å². The highest BCUT2D eigenvalue weighted by Crippen LogP contribution is 2.26. The number of sulfonamides is 1. The molecule has 0 spiro atoms. The maximum Gasteiger partial charge on any atom is 0.242 e. The normalized spacial score (nSPS) is 17.1. The van der Waals surface area contributed by atoms with Crippen molar-refractivity contribution in [3.63, 3.8) is 0 Å². The molecule has 2 aromatic rings. The van der Waals surface area contributed by atoms with Crippen LogP contribution in [-0.2, 0) is 31.9 Å². The molecular formula is C26H33F3N4O5S. The van der Waals surface area contributed by atoms with Gasteiger partial charge >= 0.3 is 0 Å². The van der Waals surface area contributed by atoms with E-state index in [0.29, 0.717) is 42.8 Å². The molecule has 9 nitrogen and oxygen atoms in total. The number of ether oxygens (including phenoxy) is 1. The Morgan fingerprint density at radius 3 is 2.44 bits per heavy atom. The van der Waals surface area contributed by atoms with Crippen LogP contribution in [0.3, 0.4) is 0 Å². The smallest absolute Gasteiger partial charge is 0.242 e. The maximum atomic E-state index is 14.2. The Morgan fingerprint density at radius 1 is 1.15 bits per heavy atom. The number of nitrogens with one attached hydrogen (secondary N) is 2. The highest BCUT2D eigenvalue weighted by atomic mass is 32.2. The summed E-state index contributed by atoms with van der Waals surface area (Å²) in [6.45, 7) is 3.88. The van der Waals surface area contributed by atoms with E-state index in [1.807, 2.05) is 13.8 Å². The largest absolute Gasteiger partial charge is 0.481 e. The summed E-state index contributed by atoms with van der Waals surface area (Å²) in [7, 11) is -2.88. The van der Waals surface area contributed by atoms with E-state index in [9.17, 15) is 31.2 Å². The zero-order valence-corrected chi connectivity index (χ0v) is 22.9. The van der Waals surface area contributed by atoms with E-state index in [1.165, 1.54) is 7.11 Å². The lowest BCUT2D eigenvalue weighted by Gasteiger charge is -2.34. The second-order valence-corrected chi connectivity index (χ2v) is 11.8. The summed E-state index contributed by atoms with van der Waals surface area (Å²) in [5, 5.41) is 5.44. The Hall–Kier alpha value is -3.19. The van der Waals surface area contributed by atoms with Crippen LogP contribution in [0, 0.1) is 23.4 Å². The molecule has 39 heavy (non-hydrogen) atoms. The zero-order chi connectivity index (χ0) is 28.7. The van der Waals surface area contributed by atoms with Gasteiger partial charge in [0.25, 0.3) is 0 Å². The molecule has 13 heteroatoms. The van der Waals surface area contributed by atoms with E-state index >= 15 is 0 Å². The van der Waals surface area contributed by atoms with Gasteiger partial charge in [0.1, 0.15) is 29.5 Å². The van der Waals surface area contributed by atoms with E-state index < -0.39 is 62.7 Å². The monoisotopic (exact) mass is 570 g/mol. The Morgan fingerprint density at radius 2 is 1.85 bits per heavy atom. The predicted octanol–water partition coefficient (Wildman–Crippen LogP) is 3.04. The number of methoxy groups -OCH3 is 1. The lowest BCUT2D eigenvalue weighted by Crippen LogP contribution is -2.56. The fourth-order valence-electron chi connectivity index (χ4n) is 4.39. The van der Waals surface area contributed by atoms with Crippen LogP contribution in [0.2, 0.25) is 0 Å². The number of amides is 2. The number of aromatic nitrogens is 1. The maximum absolute atomic E-state index is 14.2. The number of nitrogens with zero attached hydrogens (tertiary/aromatic N) is 2. The van der Waals surface area contributed by atoms with Gasteiger partial charge in [-0.2, -0.15) is 4.31 Å². The molecule has 1 fully saturated rings. The summed E-state index contributed by atoms with van der Waals surface area (Å²) in [6, 6.07) is 2.10. The number of halogens is 3. The van der Waals surface area contributed by atoms with E-state index in [0.717, 1.165) is 4.31 Å². The molecule has 1 aromatic heterocycles. The van der Waals surface area contributed by atoms with Gasteiger partial charge in [0.2, 0.25) is 27.7 Å². The van der Waals surface area contributed by atoms with Gasteiger partial charge in [-0.3, -0.25) is 9.59 Å². The number of piperidine rings is 1. The first-order chi connectivity index (χ1) is 18.4. The molecule has 2 unspecified atom stereocenters. The number of rotatable bonds is 11. The van der Waals surface area contributed by atoms with Crippen LogP contribution >= 0.6 is 0 Å². The Kier molecular flexibility index (Phi) is 10.3. The fourth-order valence-corrected chi connectivity index (χ4v) is 6.20. The van der Waals surface area contributed by atoms with Gasteiger partial charge in [-0.1, -0.05) is 26.3 Å². The summed E-state index contributed by atoms with van der Waals surface area (Å²) >= 11 is 0. The number of benzene rings is 1. The van der Waals surface area contributed by atoms with Gasteiger partial charge in [-0.15, -0.1) is 0 Å². The Labute approximate surface area is 226 Å². The van der Waals surface area contributed by atoms with Crippen molar-refractivity contribution in [2.75, 3.05) is 13.7 Å². The molecule has 0 saturated carbocycles. The van der Waals surface area contributed by atoms with Gasteiger partial charge < -0.3 is 15.4 Å². The minimum Gasteiger partial charge on any atom is -0.481 e. The first-order valence-electron chi connectivity index (χ1n) is 12.6. The summed E-state index contributed by atoms with van der Waals surface area (Å²) in [6.07, 6.45) is 3.02. The minimum atomic E-state index is -4.37. The SMILES string of the molecule is COc1ccc(CNC(=O)C(CC(C)C)NC(=O)C2CCCCN2S(=O)(=O)Cc2c(F)cc(F)cc2F)cn1. The second-order valence-electron chi connectivity index (χ2n) is 9.84. The molecule has 1 aliphatic heterocycles. The number of hydrogen-bond donors (Lipinski definition) is 2. The summed E-state index contributed by atoms with van der Waals surface area (Å²) in [4.78, 5) is 30.4. The fraction of sp³-hybridized carbons (Fsp3) is 0.500. The predicted molar refractivity (Wildman–Crippen MR) is 137 cm³/mol. The molecule has 2 heterocycles. The highest BCUT2D eigenvalue weighted by Gasteiger charge is 2.39. The summed E-state index contributed by atoms with van der Waals surface area (Å²) < 4.78 is 74.0. The van der Waals surface area contributed by atoms with E-state index in [1.54, 1.807) is 18.3 Å². The topological polar surface area (TPSA) is 118 Å². The van der Waals surface area contributed by atoms with Crippen molar-refractivity contribution in [2.45, 2.75) is 63.9 Å². The molecule has 0 radical (unpaired) electrons. The van der Waals surface area contributed by atoms with Gasteiger partial charge in [0.15, 0.2) is 0 Å². The van der Waals surface area contributed by atoms with Crippen molar-refractivity contribution in [3.05, 3.63) is 59.0 Å². The zero-order valence-electron chi connectivity index (χ0n) is 22.0.